The maximum absolute atomic E-state index is 14.0. The van der Waals surface area contributed by atoms with Crippen molar-refractivity contribution < 1.29 is 43.3 Å². The van der Waals surface area contributed by atoms with E-state index in [0.29, 0.717) is 24.6 Å². The molecular formula is C31H39ClN4O9. The predicted molar refractivity (Wildman–Crippen MR) is 160 cm³/mol. The number of carboxylic acids is 1. The molecule has 4 aliphatic rings. The van der Waals surface area contributed by atoms with Gasteiger partial charge in [-0.05, 0) is 50.8 Å². The van der Waals surface area contributed by atoms with Crippen molar-refractivity contribution in [2.75, 3.05) is 19.8 Å². The lowest BCUT2D eigenvalue weighted by molar-refractivity contribution is -0.145. The van der Waals surface area contributed by atoms with Gasteiger partial charge in [-0.15, -0.1) is 0 Å². The van der Waals surface area contributed by atoms with Gasteiger partial charge >= 0.3 is 18.2 Å². The van der Waals surface area contributed by atoms with Gasteiger partial charge in [0.05, 0.1) is 19.7 Å². The normalized spacial score (nSPS) is 29.2. The number of alkyl carbamates (subject to hydrolysis) is 1. The highest BCUT2D eigenvalue weighted by Crippen LogP contribution is 2.45. The van der Waals surface area contributed by atoms with Gasteiger partial charge in [0.15, 0.2) is 0 Å². The molecule has 5 atom stereocenters. The summed E-state index contributed by atoms with van der Waals surface area (Å²) < 4.78 is 16.9. The van der Waals surface area contributed by atoms with Gasteiger partial charge in [0.2, 0.25) is 11.8 Å². The van der Waals surface area contributed by atoms with Crippen molar-refractivity contribution in [1.29, 1.82) is 0 Å². The molecule has 3 aliphatic heterocycles. The summed E-state index contributed by atoms with van der Waals surface area (Å²) in [6, 6.07) is 3.15. The van der Waals surface area contributed by atoms with Crippen molar-refractivity contribution in [3.63, 3.8) is 0 Å². The lowest BCUT2D eigenvalue weighted by Crippen LogP contribution is -2.56. The monoisotopic (exact) mass is 646 g/mol. The Bertz CT molecular complexity index is 1400. The van der Waals surface area contributed by atoms with Crippen LogP contribution in [-0.2, 0) is 41.7 Å². The molecule has 0 spiro atoms. The maximum atomic E-state index is 14.0. The summed E-state index contributed by atoms with van der Waals surface area (Å²) in [6.07, 6.45) is 1.99. The van der Waals surface area contributed by atoms with Gasteiger partial charge in [-0.3, -0.25) is 14.5 Å². The van der Waals surface area contributed by atoms with Crippen molar-refractivity contribution in [2.45, 2.75) is 88.9 Å². The van der Waals surface area contributed by atoms with Crippen molar-refractivity contribution >= 4 is 41.6 Å². The molecule has 3 N–H and O–H groups in total. The van der Waals surface area contributed by atoms with Crippen LogP contribution in [-0.4, -0.2) is 94.0 Å². The number of amides is 4. The van der Waals surface area contributed by atoms with E-state index >= 15 is 0 Å². The van der Waals surface area contributed by atoms with Crippen molar-refractivity contribution in [3.8, 4) is 0 Å². The molecule has 4 amide bonds. The zero-order valence-electron chi connectivity index (χ0n) is 25.5. The van der Waals surface area contributed by atoms with Gasteiger partial charge in [0.25, 0.3) is 0 Å². The Hall–Kier alpha value is -3.84. The Morgan fingerprint density at radius 3 is 2.67 bits per heavy atom. The number of aliphatic carboxylic acids is 1. The van der Waals surface area contributed by atoms with E-state index in [1.54, 1.807) is 39.0 Å². The van der Waals surface area contributed by atoms with Gasteiger partial charge in [-0.1, -0.05) is 35.9 Å². The van der Waals surface area contributed by atoms with Gasteiger partial charge in [-0.2, -0.15) is 0 Å². The quantitative estimate of drug-likeness (QED) is 0.419. The average molecular weight is 647 g/mol. The second-order valence-electron chi connectivity index (χ2n) is 12.9. The molecule has 45 heavy (non-hydrogen) atoms. The molecule has 0 unspecified atom stereocenters. The number of carboxylic acid groups (broad SMARTS) is 1. The molecule has 244 valence electrons. The highest BCUT2D eigenvalue weighted by atomic mass is 35.5. The van der Waals surface area contributed by atoms with E-state index in [9.17, 15) is 29.1 Å². The molecule has 1 aromatic carbocycles. The van der Waals surface area contributed by atoms with Crippen LogP contribution in [0.15, 0.2) is 30.4 Å². The van der Waals surface area contributed by atoms with Crippen LogP contribution < -0.4 is 10.6 Å². The number of halogens is 1. The molecule has 0 radical (unpaired) electrons. The Morgan fingerprint density at radius 2 is 1.96 bits per heavy atom. The van der Waals surface area contributed by atoms with E-state index in [1.807, 2.05) is 12.1 Å². The van der Waals surface area contributed by atoms with E-state index in [2.05, 4.69) is 10.6 Å². The number of carbonyl (C=O) groups is 5. The molecule has 1 aliphatic carbocycles. The Kier molecular flexibility index (Phi) is 9.31. The van der Waals surface area contributed by atoms with E-state index in [-0.39, 0.29) is 39.0 Å². The highest BCUT2D eigenvalue weighted by molar-refractivity contribution is 6.31. The summed E-state index contributed by atoms with van der Waals surface area (Å²) in [4.78, 5) is 68.7. The van der Waals surface area contributed by atoms with E-state index in [4.69, 9.17) is 25.8 Å². The Morgan fingerprint density at radius 1 is 1.18 bits per heavy atom. The van der Waals surface area contributed by atoms with Gasteiger partial charge in [-0.25, -0.2) is 14.4 Å². The number of rotatable bonds is 3. The lowest BCUT2D eigenvalue weighted by Gasteiger charge is -2.30. The minimum Gasteiger partial charge on any atom is -0.479 e. The molecular weight excluding hydrogens is 608 g/mol. The summed E-state index contributed by atoms with van der Waals surface area (Å²) in [5.74, 6) is -2.88. The first-order chi connectivity index (χ1) is 21.3. The second-order valence-corrected chi connectivity index (χ2v) is 13.3. The smallest absolute Gasteiger partial charge is 0.410 e. The highest BCUT2D eigenvalue weighted by Gasteiger charge is 2.61. The average Bonchev–Trinajstić information content (AvgIpc) is 3.27. The molecule has 0 aromatic heterocycles. The molecule has 3 heterocycles. The summed E-state index contributed by atoms with van der Waals surface area (Å²) in [5, 5.41) is 15.8. The molecule has 5 rings (SSSR count). The van der Waals surface area contributed by atoms with E-state index in [0.717, 1.165) is 11.1 Å². The minimum atomic E-state index is -1.51. The van der Waals surface area contributed by atoms with Crippen LogP contribution in [0.4, 0.5) is 9.59 Å². The topological polar surface area (TPSA) is 164 Å². The van der Waals surface area contributed by atoms with E-state index in [1.165, 1.54) is 9.80 Å². The van der Waals surface area contributed by atoms with Crippen LogP contribution in [0.3, 0.4) is 0 Å². The standard InChI is InChI=1S/C31H39ClN4O9/c1-30(2,3)45-28(41)33-23-10-12-43-11-5-4-8-19-14-31(19,27(39)40)34-25(37)24-13-20(16-36(24)26(23)38)44-29(42)35-15-18-7-6-9-22(32)21(18)17-35/h4,6-9,19-20,23-24H,5,10-17H2,1-3H3,(H,33,41)(H,34,37)(H,39,40)/b8-4-/t19-,20+,23-,24-,31+/m0/s1. The van der Waals surface area contributed by atoms with E-state index < -0.39 is 65.2 Å². The molecule has 14 heteroatoms. The first-order valence-corrected chi connectivity index (χ1v) is 15.5. The van der Waals surface area contributed by atoms with Crippen LogP contribution in [0.25, 0.3) is 0 Å². The molecule has 1 aromatic rings. The van der Waals surface area contributed by atoms with Gasteiger partial charge in [0.1, 0.15) is 29.3 Å². The number of nitrogens with one attached hydrogen (secondary N) is 2. The van der Waals surface area contributed by atoms with Crippen LogP contribution in [0.1, 0.15) is 57.6 Å². The fraction of sp³-hybridized carbons (Fsp3) is 0.581. The van der Waals surface area contributed by atoms with Crippen molar-refractivity contribution in [2.24, 2.45) is 5.92 Å². The molecule has 2 fully saturated rings. The zero-order chi connectivity index (χ0) is 32.5. The fourth-order valence-corrected chi connectivity index (χ4v) is 6.24. The number of hydrogen-bond acceptors (Lipinski definition) is 8. The summed E-state index contributed by atoms with van der Waals surface area (Å²) in [6.45, 7) is 5.94. The largest absolute Gasteiger partial charge is 0.479 e. The number of nitrogens with zero attached hydrogens (tertiary/aromatic N) is 2. The summed E-state index contributed by atoms with van der Waals surface area (Å²) >= 11 is 6.31. The SMILES string of the molecule is CC(C)(C)OC(=O)N[C@H]1CCOCC/C=C\[C@H]2C[C@@]2(C(=O)O)NC(=O)[C@@H]2C[C@@H](OC(=O)N3Cc4cccc(Cl)c4C3)CN2C1=O. The third-order valence-electron chi connectivity index (χ3n) is 8.38. The molecule has 13 nitrogen and oxygen atoms in total. The summed E-state index contributed by atoms with van der Waals surface area (Å²) in [5.41, 5.74) is -0.600. The minimum absolute atomic E-state index is 0.0588. The van der Waals surface area contributed by atoms with Gasteiger partial charge in [0, 0.05) is 36.9 Å². The zero-order valence-corrected chi connectivity index (χ0v) is 26.3. The first-order valence-electron chi connectivity index (χ1n) is 15.1. The number of hydrogen-bond donors (Lipinski definition) is 3. The number of fused-ring (bicyclic) bond motifs is 3. The Balaban J connectivity index is 1.37. The molecule has 1 saturated heterocycles. The first kappa shape index (κ1) is 32.6. The Labute approximate surface area is 266 Å². The second kappa shape index (κ2) is 12.9. The molecule has 1 saturated carbocycles. The fourth-order valence-electron chi connectivity index (χ4n) is 5.99. The summed E-state index contributed by atoms with van der Waals surface area (Å²) in [7, 11) is 0. The number of carbonyl (C=O) groups excluding carboxylic acids is 4. The number of benzene rings is 1. The number of ether oxygens (including phenoxy) is 3. The third kappa shape index (κ3) is 7.36. The van der Waals surface area contributed by atoms with Crippen LogP contribution in [0.5, 0.6) is 0 Å². The van der Waals surface area contributed by atoms with Crippen LogP contribution >= 0.6 is 11.6 Å². The molecule has 0 bridgehead atoms. The maximum Gasteiger partial charge on any atom is 0.410 e. The van der Waals surface area contributed by atoms with Crippen molar-refractivity contribution in [3.05, 3.63) is 46.5 Å². The predicted octanol–water partition coefficient (Wildman–Crippen LogP) is 2.98. The van der Waals surface area contributed by atoms with Crippen LogP contribution in [0.2, 0.25) is 5.02 Å². The van der Waals surface area contributed by atoms with Crippen LogP contribution in [0, 0.1) is 5.92 Å². The van der Waals surface area contributed by atoms with Crippen molar-refractivity contribution in [1.82, 2.24) is 20.4 Å². The van der Waals surface area contributed by atoms with Gasteiger partial charge < -0.3 is 34.9 Å². The lowest BCUT2D eigenvalue weighted by atomic mass is 10.1. The third-order valence-corrected chi connectivity index (χ3v) is 8.73.